The van der Waals surface area contributed by atoms with Crippen LogP contribution in [-0.2, 0) is 0 Å². The van der Waals surface area contributed by atoms with Gasteiger partial charge in [-0.05, 0) is 24.5 Å². The van der Waals surface area contributed by atoms with E-state index in [1.54, 1.807) is 18.2 Å². The van der Waals surface area contributed by atoms with Crippen LogP contribution in [0.4, 0.5) is 5.69 Å². The molecule has 1 atom stereocenters. The maximum atomic E-state index is 12.2. The predicted molar refractivity (Wildman–Crippen MR) is 75.2 cm³/mol. The second-order valence-electron chi connectivity index (χ2n) is 4.91. The molecule has 4 N–H and O–H groups in total. The molecule has 0 aliphatic heterocycles. The molecule has 0 spiro atoms. The Balaban J connectivity index is 2.85. The van der Waals surface area contributed by atoms with Crippen molar-refractivity contribution in [3.63, 3.8) is 0 Å². The van der Waals surface area contributed by atoms with Gasteiger partial charge in [0.15, 0.2) is 5.75 Å². The van der Waals surface area contributed by atoms with Gasteiger partial charge in [-0.15, -0.1) is 0 Å². The Morgan fingerprint density at radius 1 is 1.47 bits per heavy atom. The largest absolute Gasteiger partial charge is 0.494 e. The number of nitrogens with two attached hydrogens (primary N) is 1. The van der Waals surface area contributed by atoms with E-state index >= 15 is 0 Å². The first-order valence-corrected chi connectivity index (χ1v) is 6.33. The molecular weight excluding hydrogens is 244 g/mol. The van der Waals surface area contributed by atoms with Gasteiger partial charge in [-0.3, -0.25) is 4.79 Å². The van der Waals surface area contributed by atoms with Crippen molar-refractivity contribution in [3.8, 4) is 5.75 Å². The zero-order valence-electron chi connectivity index (χ0n) is 11.6. The predicted octanol–water partition coefficient (Wildman–Crippen LogP) is 1.41. The van der Waals surface area contributed by atoms with E-state index in [1.165, 1.54) is 7.11 Å². The van der Waals surface area contributed by atoms with E-state index in [9.17, 15) is 9.90 Å². The lowest BCUT2D eigenvalue weighted by Gasteiger charge is -2.19. The van der Waals surface area contributed by atoms with Crippen LogP contribution >= 0.6 is 0 Å². The maximum Gasteiger partial charge on any atom is 0.255 e. The van der Waals surface area contributed by atoms with E-state index < -0.39 is 0 Å². The van der Waals surface area contributed by atoms with Crippen molar-refractivity contribution in [1.29, 1.82) is 0 Å². The molecule has 0 aliphatic carbocycles. The average molecular weight is 266 g/mol. The number of aliphatic hydroxyl groups excluding tert-OH is 1. The minimum absolute atomic E-state index is 0.0887. The number of nitrogens with one attached hydrogen (secondary N) is 1. The topological polar surface area (TPSA) is 84.6 Å². The molecule has 1 amide bonds. The van der Waals surface area contributed by atoms with E-state index in [0.717, 1.165) is 0 Å². The van der Waals surface area contributed by atoms with Crippen LogP contribution in [0.25, 0.3) is 0 Å². The molecule has 0 saturated heterocycles. The fraction of sp³-hybridized carbons (Fsp3) is 0.500. The minimum Gasteiger partial charge on any atom is -0.494 e. The monoisotopic (exact) mass is 266 g/mol. The summed E-state index contributed by atoms with van der Waals surface area (Å²) in [6, 6.07) is 4.75. The second-order valence-corrected chi connectivity index (χ2v) is 4.91. The number of carbonyl (C=O) groups is 1. The summed E-state index contributed by atoms with van der Waals surface area (Å²) < 4.78 is 5.15. The van der Waals surface area contributed by atoms with Crippen LogP contribution in [-0.4, -0.2) is 30.8 Å². The highest BCUT2D eigenvalue weighted by atomic mass is 16.5. The summed E-state index contributed by atoms with van der Waals surface area (Å²) >= 11 is 0. The van der Waals surface area contributed by atoms with Crippen LogP contribution < -0.4 is 15.8 Å². The molecule has 5 heteroatoms. The average Bonchev–Trinajstić information content (AvgIpc) is 2.36. The highest BCUT2D eigenvalue weighted by Crippen LogP contribution is 2.25. The third kappa shape index (κ3) is 4.13. The Bertz CT molecular complexity index is 433. The molecule has 5 nitrogen and oxygen atoms in total. The third-order valence-corrected chi connectivity index (χ3v) is 2.81. The molecule has 0 bridgehead atoms. The first kappa shape index (κ1) is 15.3. The van der Waals surface area contributed by atoms with E-state index in [4.69, 9.17) is 10.5 Å². The van der Waals surface area contributed by atoms with E-state index in [-0.39, 0.29) is 18.6 Å². The molecule has 1 aromatic rings. The number of ether oxygens (including phenoxy) is 1. The van der Waals surface area contributed by atoms with Crippen molar-refractivity contribution in [2.75, 3.05) is 19.5 Å². The number of anilines is 1. The molecule has 1 unspecified atom stereocenters. The molecule has 1 aromatic carbocycles. The fourth-order valence-electron chi connectivity index (χ4n) is 1.97. The SMILES string of the molecule is COc1c(N)cccc1C(=O)NC(CO)CC(C)C. The van der Waals surface area contributed by atoms with Gasteiger partial charge in [-0.1, -0.05) is 19.9 Å². The number of carbonyl (C=O) groups excluding carboxylic acids is 1. The van der Waals surface area contributed by atoms with Crippen molar-refractivity contribution >= 4 is 11.6 Å². The molecule has 0 aliphatic rings. The molecule has 0 aromatic heterocycles. The molecule has 106 valence electrons. The molecule has 0 fully saturated rings. The van der Waals surface area contributed by atoms with Gasteiger partial charge in [0, 0.05) is 0 Å². The number of nitrogen functional groups attached to an aromatic ring is 1. The normalized spacial score (nSPS) is 12.3. The minimum atomic E-state index is -0.288. The Kier molecular flexibility index (Phi) is 5.63. The highest BCUT2D eigenvalue weighted by molar-refractivity contribution is 5.98. The summed E-state index contributed by atoms with van der Waals surface area (Å²) in [6.07, 6.45) is 0.715. The van der Waals surface area contributed by atoms with E-state index in [1.807, 2.05) is 13.8 Å². The Morgan fingerprint density at radius 3 is 2.68 bits per heavy atom. The smallest absolute Gasteiger partial charge is 0.255 e. The highest BCUT2D eigenvalue weighted by Gasteiger charge is 2.18. The van der Waals surface area contributed by atoms with Gasteiger partial charge < -0.3 is 20.9 Å². The number of methoxy groups -OCH3 is 1. The van der Waals surface area contributed by atoms with Crippen molar-refractivity contribution in [2.24, 2.45) is 5.92 Å². The molecular formula is C14H22N2O3. The lowest BCUT2D eigenvalue weighted by molar-refractivity contribution is 0.0905. The number of hydrogen-bond acceptors (Lipinski definition) is 4. The molecule has 1 rings (SSSR count). The number of para-hydroxylation sites is 1. The van der Waals surface area contributed by atoms with Crippen molar-refractivity contribution < 1.29 is 14.6 Å². The first-order valence-electron chi connectivity index (χ1n) is 6.33. The quantitative estimate of drug-likeness (QED) is 0.680. The van der Waals surface area contributed by atoms with Gasteiger partial charge in [-0.2, -0.15) is 0 Å². The van der Waals surface area contributed by atoms with Gasteiger partial charge in [0.25, 0.3) is 5.91 Å². The molecule has 0 saturated carbocycles. The summed E-state index contributed by atoms with van der Waals surface area (Å²) in [5.74, 6) is 0.463. The number of benzene rings is 1. The fourth-order valence-corrected chi connectivity index (χ4v) is 1.97. The lowest BCUT2D eigenvalue weighted by atomic mass is 10.0. The molecule has 0 heterocycles. The van der Waals surface area contributed by atoms with Crippen LogP contribution in [0.15, 0.2) is 18.2 Å². The van der Waals surface area contributed by atoms with Gasteiger partial charge in [0.05, 0.1) is 31.0 Å². The first-order chi connectivity index (χ1) is 8.99. The number of hydrogen-bond donors (Lipinski definition) is 3. The molecule has 19 heavy (non-hydrogen) atoms. The Hall–Kier alpha value is -1.75. The lowest BCUT2D eigenvalue weighted by Crippen LogP contribution is -2.38. The van der Waals surface area contributed by atoms with Crippen LogP contribution in [0, 0.1) is 5.92 Å². The van der Waals surface area contributed by atoms with Crippen LogP contribution in [0.3, 0.4) is 0 Å². The van der Waals surface area contributed by atoms with E-state index in [2.05, 4.69) is 5.32 Å². The van der Waals surface area contributed by atoms with Crippen molar-refractivity contribution in [1.82, 2.24) is 5.32 Å². The number of amides is 1. The van der Waals surface area contributed by atoms with Crippen LogP contribution in [0.2, 0.25) is 0 Å². The van der Waals surface area contributed by atoms with Gasteiger partial charge >= 0.3 is 0 Å². The summed E-state index contributed by atoms with van der Waals surface area (Å²) in [6.45, 7) is 3.99. The number of aliphatic hydroxyl groups is 1. The van der Waals surface area contributed by atoms with Crippen molar-refractivity contribution in [2.45, 2.75) is 26.3 Å². The Labute approximate surface area is 113 Å². The zero-order chi connectivity index (χ0) is 14.4. The van der Waals surface area contributed by atoms with Crippen molar-refractivity contribution in [3.05, 3.63) is 23.8 Å². The van der Waals surface area contributed by atoms with E-state index in [0.29, 0.717) is 29.3 Å². The third-order valence-electron chi connectivity index (χ3n) is 2.81. The summed E-state index contributed by atoms with van der Waals surface area (Å²) in [7, 11) is 1.47. The zero-order valence-corrected chi connectivity index (χ0v) is 11.6. The Morgan fingerprint density at radius 2 is 2.16 bits per heavy atom. The van der Waals surface area contributed by atoms with Gasteiger partial charge in [-0.25, -0.2) is 0 Å². The van der Waals surface area contributed by atoms with Crippen LogP contribution in [0.5, 0.6) is 5.75 Å². The van der Waals surface area contributed by atoms with Gasteiger partial charge in [0.2, 0.25) is 0 Å². The van der Waals surface area contributed by atoms with Crippen LogP contribution in [0.1, 0.15) is 30.6 Å². The summed E-state index contributed by atoms with van der Waals surface area (Å²) in [4.78, 5) is 12.2. The summed E-state index contributed by atoms with van der Waals surface area (Å²) in [5.41, 5.74) is 6.55. The molecule has 0 radical (unpaired) electrons. The maximum absolute atomic E-state index is 12.2. The van der Waals surface area contributed by atoms with Gasteiger partial charge in [0.1, 0.15) is 0 Å². The standard InChI is InChI=1S/C14H22N2O3/c1-9(2)7-10(8-17)16-14(18)11-5-4-6-12(15)13(11)19-3/h4-6,9-10,17H,7-8,15H2,1-3H3,(H,16,18). The number of rotatable bonds is 6. The summed E-state index contributed by atoms with van der Waals surface area (Å²) in [5, 5.41) is 12.1. The second kappa shape index (κ2) is 6.99.